The summed E-state index contributed by atoms with van der Waals surface area (Å²) in [4.78, 5) is 32.3. The maximum absolute atomic E-state index is 13.4. The summed E-state index contributed by atoms with van der Waals surface area (Å²) in [6, 6.07) is 10.8. The molecule has 186 valence electrons. The van der Waals surface area contributed by atoms with Gasteiger partial charge in [0.2, 0.25) is 5.91 Å². The van der Waals surface area contributed by atoms with E-state index in [1.54, 1.807) is 30.2 Å². The minimum absolute atomic E-state index is 0.0283. The lowest BCUT2D eigenvalue weighted by Gasteiger charge is -2.35. The molecule has 2 aromatic rings. The SMILES string of the molecule is CC1=C(C(=O)OCc2ccc(OCCCl)cc2)[C@H](c2ccc(Cl)nc2)CC(=O)N1C[C@H]1CCCO1. The predicted octanol–water partition coefficient (Wildman–Crippen LogP) is 4.86. The third-order valence-corrected chi connectivity index (χ3v) is 6.62. The lowest BCUT2D eigenvalue weighted by molar-refractivity contribution is -0.141. The highest BCUT2D eigenvalue weighted by Gasteiger charge is 2.38. The van der Waals surface area contributed by atoms with Crippen LogP contribution in [0.25, 0.3) is 0 Å². The number of halogens is 2. The standard InChI is InChI=1S/C26H28Cl2N2O5/c1-17-25(26(32)35-16-18-4-7-20(8-5-18)34-12-10-27)22(19-6-9-23(28)29-14-19)13-24(31)30(17)15-21-3-2-11-33-21/h4-9,14,21-22H,2-3,10-13,15-16H2,1H3/t21-,22+/m1/s1. The molecule has 0 radical (unpaired) electrons. The van der Waals surface area contributed by atoms with Crippen LogP contribution in [0.3, 0.4) is 0 Å². The van der Waals surface area contributed by atoms with Gasteiger partial charge in [0.1, 0.15) is 24.1 Å². The molecule has 3 heterocycles. The van der Waals surface area contributed by atoms with Crippen LogP contribution in [0.4, 0.5) is 0 Å². The number of carbonyl (C=O) groups is 2. The third-order valence-electron chi connectivity index (χ3n) is 6.24. The van der Waals surface area contributed by atoms with E-state index in [2.05, 4.69) is 4.98 Å². The number of carbonyl (C=O) groups excluding carboxylic acids is 2. The number of benzene rings is 1. The van der Waals surface area contributed by atoms with Crippen molar-refractivity contribution in [1.29, 1.82) is 0 Å². The molecule has 0 bridgehead atoms. The van der Waals surface area contributed by atoms with Gasteiger partial charge < -0.3 is 19.1 Å². The van der Waals surface area contributed by atoms with Crippen LogP contribution in [0, 0.1) is 0 Å². The van der Waals surface area contributed by atoms with Gasteiger partial charge in [-0.25, -0.2) is 9.78 Å². The Kier molecular flexibility index (Phi) is 8.65. The Bertz CT molecular complexity index is 1070. The van der Waals surface area contributed by atoms with E-state index in [9.17, 15) is 9.59 Å². The van der Waals surface area contributed by atoms with E-state index in [1.807, 2.05) is 24.3 Å². The quantitative estimate of drug-likeness (QED) is 0.268. The molecule has 1 fully saturated rings. The smallest absolute Gasteiger partial charge is 0.336 e. The van der Waals surface area contributed by atoms with Crippen molar-refractivity contribution < 1.29 is 23.8 Å². The summed E-state index contributed by atoms with van der Waals surface area (Å²) in [6.45, 7) is 3.43. The summed E-state index contributed by atoms with van der Waals surface area (Å²) >= 11 is 11.6. The molecule has 2 aliphatic heterocycles. The van der Waals surface area contributed by atoms with Crippen molar-refractivity contribution in [3.63, 3.8) is 0 Å². The van der Waals surface area contributed by atoms with Gasteiger partial charge in [-0.05, 0) is 49.1 Å². The van der Waals surface area contributed by atoms with Crippen LogP contribution >= 0.6 is 23.2 Å². The Morgan fingerprint density at radius 1 is 1.23 bits per heavy atom. The Labute approximate surface area is 215 Å². The minimum atomic E-state index is -0.466. The van der Waals surface area contributed by atoms with Crippen molar-refractivity contribution in [1.82, 2.24) is 9.88 Å². The van der Waals surface area contributed by atoms with Gasteiger partial charge in [0.15, 0.2) is 0 Å². The second kappa shape index (κ2) is 11.9. The molecule has 0 saturated carbocycles. The molecule has 0 N–H and O–H groups in total. The van der Waals surface area contributed by atoms with Crippen LogP contribution in [-0.4, -0.2) is 53.5 Å². The summed E-state index contributed by atoms with van der Waals surface area (Å²) in [7, 11) is 0. The second-order valence-corrected chi connectivity index (χ2v) is 9.33. The molecule has 9 heteroatoms. The van der Waals surface area contributed by atoms with Crippen molar-refractivity contribution in [2.24, 2.45) is 0 Å². The summed E-state index contributed by atoms with van der Waals surface area (Å²) < 4.78 is 16.9. The number of esters is 1. The fourth-order valence-electron chi connectivity index (χ4n) is 4.44. The molecule has 0 aliphatic carbocycles. The van der Waals surface area contributed by atoms with Crippen molar-refractivity contribution in [3.8, 4) is 5.75 Å². The molecule has 0 spiro atoms. The summed E-state index contributed by atoms with van der Waals surface area (Å²) in [5.41, 5.74) is 2.61. The maximum atomic E-state index is 13.4. The highest BCUT2D eigenvalue weighted by Crippen LogP contribution is 2.37. The Morgan fingerprint density at radius 3 is 2.69 bits per heavy atom. The van der Waals surface area contributed by atoms with Gasteiger partial charge in [-0.3, -0.25) is 4.79 Å². The average Bonchev–Trinajstić information content (AvgIpc) is 3.38. The molecule has 1 amide bonds. The van der Waals surface area contributed by atoms with Crippen LogP contribution in [0.5, 0.6) is 5.75 Å². The number of allylic oxidation sites excluding steroid dienone is 1. The fraction of sp³-hybridized carbons (Fsp3) is 0.423. The van der Waals surface area contributed by atoms with Crippen molar-refractivity contribution in [3.05, 3.63) is 70.1 Å². The number of hydrogen-bond donors (Lipinski definition) is 0. The molecule has 1 saturated heterocycles. The lowest BCUT2D eigenvalue weighted by Crippen LogP contribution is -2.42. The van der Waals surface area contributed by atoms with Gasteiger partial charge in [0.05, 0.1) is 24.1 Å². The Hall–Kier alpha value is -2.61. The van der Waals surface area contributed by atoms with Crippen molar-refractivity contribution in [2.75, 3.05) is 25.6 Å². The fourth-order valence-corrected chi connectivity index (χ4v) is 4.62. The zero-order valence-electron chi connectivity index (χ0n) is 19.5. The van der Waals surface area contributed by atoms with Crippen LogP contribution in [0.1, 0.15) is 43.2 Å². The maximum Gasteiger partial charge on any atom is 0.336 e. The Morgan fingerprint density at radius 2 is 2.03 bits per heavy atom. The van der Waals surface area contributed by atoms with Gasteiger partial charge in [-0.2, -0.15) is 0 Å². The Balaban J connectivity index is 1.55. The molecule has 7 nitrogen and oxygen atoms in total. The lowest BCUT2D eigenvalue weighted by atomic mass is 9.84. The van der Waals surface area contributed by atoms with E-state index in [0.29, 0.717) is 47.8 Å². The number of nitrogens with zero attached hydrogens (tertiary/aromatic N) is 2. The molecular weight excluding hydrogens is 491 g/mol. The normalized spacial score (nSPS) is 20.3. The van der Waals surface area contributed by atoms with Gasteiger partial charge in [0.25, 0.3) is 0 Å². The first kappa shape index (κ1) is 25.5. The zero-order chi connectivity index (χ0) is 24.8. The monoisotopic (exact) mass is 518 g/mol. The van der Waals surface area contributed by atoms with Crippen LogP contribution in [0.15, 0.2) is 53.9 Å². The molecule has 2 atom stereocenters. The van der Waals surface area contributed by atoms with Crippen LogP contribution < -0.4 is 4.74 Å². The predicted molar refractivity (Wildman–Crippen MR) is 132 cm³/mol. The van der Waals surface area contributed by atoms with Gasteiger partial charge in [-0.1, -0.05) is 29.8 Å². The summed E-state index contributed by atoms with van der Waals surface area (Å²) in [5.74, 6) is 0.124. The van der Waals surface area contributed by atoms with Gasteiger partial charge >= 0.3 is 5.97 Å². The molecular formula is C26H28Cl2N2O5. The van der Waals surface area contributed by atoms with E-state index in [0.717, 1.165) is 24.0 Å². The number of rotatable bonds is 9. The van der Waals surface area contributed by atoms with Crippen molar-refractivity contribution in [2.45, 2.75) is 44.8 Å². The number of hydrogen-bond acceptors (Lipinski definition) is 6. The minimum Gasteiger partial charge on any atom is -0.492 e. The number of amides is 1. The number of ether oxygens (including phenoxy) is 3. The van der Waals surface area contributed by atoms with E-state index >= 15 is 0 Å². The average molecular weight is 519 g/mol. The summed E-state index contributed by atoms with van der Waals surface area (Å²) in [5, 5.41) is 0.346. The topological polar surface area (TPSA) is 78.0 Å². The first-order valence-electron chi connectivity index (χ1n) is 11.6. The van der Waals surface area contributed by atoms with Crippen LogP contribution in [0.2, 0.25) is 5.15 Å². The first-order valence-corrected chi connectivity index (χ1v) is 12.6. The van der Waals surface area contributed by atoms with E-state index in [4.69, 9.17) is 37.4 Å². The largest absolute Gasteiger partial charge is 0.492 e. The van der Waals surface area contributed by atoms with Gasteiger partial charge in [-0.15, -0.1) is 11.6 Å². The zero-order valence-corrected chi connectivity index (χ0v) is 21.1. The van der Waals surface area contributed by atoms with E-state index in [-0.39, 0.29) is 25.0 Å². The van der Waals surface area contributed by atoms with E-state index < -0.39 is 11.9 Å². The number of pyridine rings is 1. The van der Waals surface area contributed by atoms with Gasteiger partial charge in [0, 0.05) is 30.8 Å². The third kappa shape index (κ3) is 6.34. The number of aromatic nitrogens is 1. The molecule has 4 rings (SSSR count). The molecule has 1 aromatic heterocycles. The molecule has 35 heavy (non-hydrogen) atoms. The number of alkyl halides is 1. The van der Waals surface area contributed by atoms with Crippen LogP contribution in [-0.2, 0) is 25.7 Å². The second-order valence-electron chi connectivity index (χ2n) is 8.57. The van der Waals surface area contributed by atoms with E-state index in [1.165, 1.54) is 0 Å². The molecule has 0 unspecified atom stereocenters. The van der Waals surface area contributed by atoms with Crippen molar-refractivity contribution >= 4 is 35.1 Å². The first-order chi connectivity index (χ1) is 17.0. The highest BCUT2D eigenvalue weighted by atomic mass is 35.5. The molecule has 1 aromatic carbocycles. The molecule has 2 aliphatic rings. The highest BCUT2D eigenvalue weighted by molar-refractivity contribution is 6.29. The summed E-state index contributed by atoms with van der Waals surface area (Å²) in [6.07, 6.45) is 3.59.